The van der Waals surface area contributed by atoms with E-state index in [-0.39, 0.29) is 5.91 Å². The van der Waals surface area contributed by atoms with Crippen LogP contribution in [0.2, 0.25) is 0 Å². The maximum Gasteiger partial charge on any atom is 0.227 e. The summed E-state index contributed by atoms with van der Waals surface area (Å²) in [5, 5.41) is 0. The minimum atomic E-state index is 0.131. The average Bonchev–Trinajstić information content (AvgIpc) is 2.41. The molecule has 0 aromatic heterocycles. The SMILES string of the molecule is COCCCC(=O)N(CCCN)c1ccccc1. The Bertz CT molecular complexity index is 341. The summed E-state index contributed by atoms with van der Waals surface area (Å²) < 4.78 is 4.97. The van der Waals surface area contributed by atoms with Crippen LogP contribution >= 0.6 is 0 Å². The fourth-order valence-electron chi connectivity index (χ4n) is 1.76. The van der Waals surface area contributed by atoms with E-state index >= 15 is 0 Å². The van der Waals surface area contributed by atoms with E-state index in [0.29, 0.717) is 26.1 Å². The minimum Gasteiger partial charge on any atom is -0.385 e. The van der Waals surface area contributed by atoms with Gasteiger partial charge in [-0.25, -0.2) is 0 Å². The first-order valence-electron chi connectivity index (χ1n) is 6.34. The summed E-state index contributed by atoms with van der Waals surface area (Å²) in [4.78, 5) is 14.0. The smallest absolute Gasteiger partial charge is 0.227 e. The molecule has 1 amide bonds. The highest BCUT2D eigenvalue weighted by Gasteiger charge is 2.14. The number of methoxy groups -OCH3 is 1. The monoisotopic (exact) mass is 250 g/mol. The zero-order chi connectivity index (χ0) is 13.2. The molecule has 0 aliphatic rings. The summed E-state index contributed by atoms with van der Waals surface area (Å²) in [5.74, 6) is 0.131. The summed E-state index contributed by atoms with van der Waals surface area (Å²) in [6.07, 6.45) is 2.07. The van der Waals surface area contributed by atoms with Gasteiger partial charge < -0.3 is 15.4 Å². The van der Waals surface area contributed by atoms with Crippen LogP contribution in [0.15, 0.2) is 30.3 Å². The highest BCUT2D eigenvalue weighted by molar-refractivity contribution is 5.93. The molecular weight excluding hydrogens is 228 g/mol. The molecule has 0 atom stereocenters. The lowest BCUT2D eigenvalue weighted by Gasteiger charge is -2.22. The lowest BCUT2D eigenvalue weighted by molar-refractivity contribution is -0.118. The molecule has 0 radical (unpaired) electrons. The number of rotatable bonds is 8. The zero-order valence-electron chi connectivity index (χ0n) is 11.0. The normalized spacial score (nSPS) is 10.3. The Balaban J connectivity index is 2.63. The van der Waals surface area contributed by atoms with Gasteiger partial charge in [-0.15, -0.1) is 0 Å². The second-order valence-electron chi connectivity index (χ2n) is 4.12. The number of carbonyl (C=O) groups excluding carboxylic acids is 1. The van der Waals surface area contributed by atoms with E-state index in [1.165, 1.54) is 0 Å². The van der Waals surface area contributed by atoms with E-state index < -0.39 is 0 Å². The number of para-hydroxylation sites is 1. The van der Waals surface area contributed by atoms with Gasteiger partial charge in [-0.1, -0.05) is 18.2 Å². The van der Waals surface area contributed by atoms with Gasteiger partial charge in [0.15, 0.2) is 0 Å². The van der Waals surface area contributed by atoms with Crippen LogP contribution in [0.3, 0.4) is 0 Å². The van der Waals surface area contributed by atoms with Crippen molar-refractivity contribution in [2.45, 2.75) is 19.3 Å². The molecule has 0 aliphatic carbocycles. The number of hydrogen-bond acceptors (Lipinski definition) is 3. The molecule has 0 saturated heterocycles. The Labute approximate surface area is 109 Å². The zero-order valence-corrected chi connectivity index (χ0v) is 11.0. The standard InChI is InChI=1S/C14H22N2O2/c1-18-12-5-9-14(17)16(11-6-10-15)13-7-3-2-4-8-13/h2-4,7-8H,5-6,9-12,15H2,1H3. The molecule has 0 fully saturated rings. The Morgan fingerprint density at radius 3 is 2.61 bits per heavy atom. The van der Waals surface area contributed by atoms with Crippen molar-refractivity contribution in [1.29, 1.82) is 0 Å². The van der Waals surface area contributed by atoms with E-state index in [1.807, 2.05) is 35.2 Å². The number of hydrogen-bond donors (Lipinski definition) is 1. The lowest BCUT2D eigenvalue weighted by Crippen LogP contribution is -2.32. The molecule has 4 nitrogen and oxygen atoms in total. The predicted octanol–water partition coefficient (Wildman–Crippen LogP) is 1.79. The molecule has 4 heteroatoms. The number of anilines is 1. The van der Waals surface area contributed by atoms with Crippen LogP contribution in [0.1, 0.15) is 19.3 Å². The molecular formula is C14H22N2O2. The molecule has 0 aliphatic heterocycles. The summed E-state index contributed by atoms with van der Waals surface area (Å²) in [6.45, 7) is 1.88. The second-order valence-corrected chi connectivity index (χ2v) is 4.12. The minimum absolute atomic E-state index is 0.131. The molecule has 100 valence electrons. The van der Waals surface area contributed by atoms with Crippen molar-refractivity contribution in [3.8, 4) is 0 Å². The molecule has 0 saturated carbocycles. The molecule has 1 rings (SSSR count). The highest BCUT2D eigenvalue weighted by Crippen LogP contribution is 2.15. The van der Waals surface area contributed by atoms with Crippen LogP contribution < -0.4 is 10.6 Å². The van der Waals surface area contributed by atoms with E-state index in [0.717, 1.165) is 18.5 Å². The highest BCUT2D eigenvalue weighted by atomic mass is 16.5. The van der Waals surface area contributed by atoms with Gasteiger partial charge in [-0.2, -0.15) is 0 Å². The van der Waals surface area contributed by atoms with Crippen molar-refractivity contribution in [2.75, 3.05) is 31.7 Å². The number of nitrogens with two attached hydrogens (primary N) is 1. The first-order valence-corrected chi connectivity index (χ1v) is 6.34. The van der Waals surface area contributed by atoms with Gasteiger partial charge in [-0.05, 0) is 31.5 Å². The van der Waals surface area contributed by atoms with Crippen molar-refractivity contribution in [1.82, 2.24) is 0 Å². The maximum atomic E-state index is 12.2. The average molecular weight is 250 g/mol. The fourth-order valence-corrected chi connectivity index (χ4v) is 1.76. The molecule has 0 heterocycles. The third-order valence-corrected chi connectivity index (χ3v) is 2.69. The van der Waals surface area contributed by atoms with Gasteiger partial charge in [0.25, 0.3) is 0 Å². The summed E-state index contributed by atoms with van der Waals surface area (Å²) >= 11 is 0. The Morgan fingerprint density at radius 2 is 2.00 bits per heavy atom. The predicted molar refractivity (Wildman–Crippen MR) is 73.6 cm³/mol. The van der Waals surface area contributed by atoms with E-state index in [2.05, 4.69) is 0 Å². The number of carbonyl (C=O) groups is 1. The third-order valence-electron chi connectivity index (χ3n) is 2.69. The number of nitrogens with zero attached hydrogens (tertiary/aromatic N) is 1. The molecule has 2 N–H and O–H groups in total. The van der Waals surface area contributed by atoms with Crippen molar-refractivity contribution in [3.05, 3.63) is 30.3 Å². The van der Waals surface area contributed by atoms with E-state index in [1.54, 1.807) is 7.11 Å². The number of ether oxygens (including phenoxy) is 1. The van der Waals surface area contributed by atoms with E-state index in [4.69, 9.17) is 10.5 Å². The third kappa shape index (κ3) is 4.85. The van der Waals surface area contributed by atoms with Gasteiger partial charge >= 0.3 is 0 Å². The molecule has 0 bridgehead atoms. The van der Waals surface area contributed by atoms with Gasteiger partial charge in [0.2, 0.25) is 5.91 Å². The first kappa shape index (κ1) is 14.7. The summed E-state index contributed by atoms with van der Waals surface area (Å²) in [5.41, 5.74) is 6.46. The van der Waals surface area contributed by atoms with E-state index in [9.17, 15) is 4.79 Å². The topological polar surface area (TPSA) is 55.6 Å². The Morgan fingerprint density at radius 1 is 1.28 bits per heavy atom. The van der Waals surface area contributed by atoms with Crippen molar-refractivity contribution < 1.29 is 9.53 Å². The second kappa shape index (κ2) is 8.66. The quantitative estimate of drug-likeness (QED) is 0.716. The van der Waals surface area contributed by atoms with Crippen LogP contribution in [0.4, 0.5) is 5.69 Å². The summed E-state index contributed by atoms with van der Waals surface area (Å²) in [6, 6.07) is 9.72. The molecule has 1 aromatic rings. The lowest BCUT2D eigenvalue weighted by atomic mass is 10.2. The van der Waals surface area contributed by atoms with Crippen LogP contribution in [-0.4, -0.2) is 32.7 Å². The Hall–Kier alpha value is -1.39. The fraction of sp³-hybridized carbons (Fsp3) is 0.500. The van der Waals surface area contributed by atoms with Crippen LogP contribution in [0, 0.1) is 0 Å². The molecule has 1 aromatic carbocycles. The Kier molecular flexibility index (Phi) is 7.06. The van der Waals surface area contributed by atoms with Gasteiger partial charge in [0.05, 0.1) is 0 Å². The summed E-state index contributed by atoms with van der Waals surface area (Å²) in [7, 11) is 1.65. The van der Waals surface area contributed by atoms with Crippen molar-refractivity contribution in [3.63, 3.8) is 0 Å². The first-order chi connectivity index (χ1) is 8.79. The van der Waals surface area contributed by atoms with Crippen LogP contribution in [0.25, 0.3) is 0 Å². The molecule has 0 spiro atoms. The van der Waals surface area contributed by atoms with Crippen molar-refractivity contribution >= 4 is 11.6 Å². The largest absolute Gasteiger partial charge is 0.385 e. The molecule has 0 unspecified atom stereocenters. The number of benzene rings is 1. The van der Waals surface area contributed by atoms with Gasteiger partial charge in [-0.3, -0.25) is 4.79 Å². The van der Waals surface area contributed by atoms with Gasteiger partial charge in [0.1, 0.15) is 0 Å². The number of amides is 1. The van der Waals surface area contributed by atoms with Crippen LogP contribution in [0.5, 0.6) is 0 Å². The van der Waals surface area contributed by atoms with Gasteiger partial charge in [0, 0.05) is 32.4 Å². The maximum absolute atomic E-state index is 12.2. The molecule has 18 heavy (non-hydrogen) atoms. The van der Waals surface area contributed by atoms with Crippen LogP contribution in [-0.2, 0) is 9.53 Å². The van der Waals surface area contributed by atoms with Crippen molar-refractivity contribution in [2.24, 2.45) is 5.73 Å².